The molecule has 0 saturated heterocycles. The molecule has 0 bridgehead atoms. The molecule has 2 rings (SSSR count). The van der Waals surface area contributed by atoms with Gasteiger partial charge in [-0.2, -0.15) is 0 Å². The molecule has 0 radical (unpaired) electrons. The summed E-state index contributed by atoms with van der Waals surface area (Å²) in [6.45, 7) is 1.90. The van der Waals surface area contributed by atoms with Gasteiger partial charge in [0.15, 0.2) is 6.61 Å². The predicted octanol–water partition coefficient (Wildman–Crippen LogP) is 2.82. The van der Waals surface area contributed by atoms with Gasteiger partial charge in [0.25, 0.3) is 5.91 Å². The molecule has 0 aliphatic heterocycles. The number of hydrogen-bond donors (Lipinski definition) is 1. The van der Waals surface area contributed by atoms with E-state index in [0.717, 1.165) is 5.56 Å². The number of carbonyl (C=O) groups excluding carboxylic acids is 2. The molecule has 134 valence electrons. The summed E-state index contributed by atoms with van der Waals surface area (Å²) in [4.78, 5) is 27.2. The topological polar surface area (TPSA) is 77.5 Å². The van der Waals surface area contributed by atoms with Gasteiger partial charge in [-0.1, -0.05) is 11.6 Å². The van der Waals surface area contributed by atoms with Crippen LogP contribution >= 0.6 is 24.0 Å². The summed E-state index contributed by atoms with van der Waals surface area (Å²) in [6.07, 6.45) is 3.05. The SMILES string of the molecule is Cc1cc(Cl)ccc1OCC(=O)OCCNC(=O)c1cccnc1.Cl. The highest BCUT2D eigenvalue weighted by molar-refractivity contribution is 6.30. The van der Waals surface area contributed by atoms with E-state index in [0.29, 0.717) is 16.3 Å². The Balaban J connectivity index is 0.00000312. The number of esters is 1. The Morgan fingerprint density at radius 2 is 2.08 bits per heavy atom. The highest BCUT2D eigenvalue weighted by atomic mass is 35.5. The van der Waals surface area contributed by atoms with Crippen LogP contribution in [0.15, 0.2) is 42.7 Å². The van der Waals surface area contributed by atoms with Crippen LogP contribution in [0.2, 0.25) is 5.02 Å². The summed E-state index contributed by atoms with van der Waals surface area (Å²) in [5.74, 6) is -0.214. The van der Waals surface area contributed by atoms with Crippen molar-refractivity contribution in [3.63, 3.8) is 0 Å². The lowest BCUT2D eigenvalue weighted by atomic mass is 10.2. The molecule has 1 aromatic carbocycles. The van der Waals surface area contributed by atoms with E-state index < -0.39 is 5.97 Å². The third kappa shape index (κ3) is 6.99. The second-order valence-corrected chi connectivity index (χ2v) is 5.35. The minimum Gasteiger partial charge on any atom is -0.482 e. The van der Waals surface area contributed by atoms with E-state index in [-0.39, 0.29) is 38.1 Å². The van der Waals surface area contributed by atoms with Crippen LogP contribution in [-0.4, -0.2) is 36.6 Å². The minimum absolute atomic E-state index is 0. The monoisotopic (exact) mass is 384 g/mol. The van der Waals surface area contributed by atoms with E-state index in [1.54, 1.807) is 36.5 Å². The Labute approximate surface area is 156 Å². The lowest BCUT2D eigenvalue weighted by Gasteiger charge is -2.10. The number of nitrogens with one attached hydrogen (secondary N) is 1. The van der Waals surface area contributed by atoms with Crippen LogP contribution in [0, 0.1) is 6.92 Å². The van der Waals surface area contributed by atoms with Gasteiger partial charge in [-0.05, 0) is 42.8 Å². The molecule has 0 atom stereocenters. The highest BCUT2D eigenvalue weighted by Gasteiger charge is 2.08. The van der Waals surface area contributed by atoms with Crippen molar-refractivity contribution in [1.29, 1.82) is 0 Å². The fourth-order valence-corrected chi connectivity index (χ4v) is 2.11. The molecule has 6 nitrogen and oxygen atoms in total. The third-order valence-corrected chi connectivity index (χ3v) is 3.29. The van der Waals surface area contributed by atoms with Crippen molar-refractivity contribution in [2.24, 2.45) is 0 Å². The Hall–Kier alpha value is -2.31. The van der Waals surface area contributed by atoms with Crippen molar-refractivity contribution in [2.45, 2.75) is 6.92 Å². The van der Waals surface area contributed by atoms with Crippen molar-refractivity contribution < 1.29 is 19.1 Å². The van der Waals surface area contributed by atoms with Gasteiger partial charge in [0.05, 0.1) is 12.1 Å². The van der Waals surface area contributed by atoms with Crippen LogP contribution in [0.1, 0.15) is 15.9 Å². The minimum atomic E-state index is -0.514. The van der Waals surface area contributed by atoms with Gasteiger partial charge >= 0.3 is 5.97 Å². The van der Waals surface area contributed by atoms with Gasteiger partial charge in [-0.25, -0.2) is 4.79 Å². The zero-order valence-electron chi connectivity index (χ0n) is 13.5. The number of aromatic nitrogens is 1. The second kappa shape index (κ2) is 10.5. The van der Waals surface area contributed by atoms with Gasteiger partial charge < -0.3 is 14.8 Å². The van der Waals surface area contributed by atoms with Crippen molar-refractivity contribution in [3.8, 4) is 5.75 Å². The van der Waals surface area contributed by atoms with Crippen LogP contribution in [0.4, 0.5) is 0 Å². The molecule has 2 aromatic rings. The molecule has 0 aliphatic carbocycles. The average Bonchev–Trinajstić information content (AvgIpc) is 2.58. The standard InChI is InChI=1S/C17H17ClN2O4.ClH/c1-12-9-14(18)4-5-15(12)24-11-16(21)23-8-7-20-17(22)13-3-2-6-19-10-13;/h2-6,9-10H,7-8,11H2,1H3,(H,20,22);1H. The number of rotatable bonds is 7. The normalized spacial score (nSPS) is 9.68. The fourth-order valence-electron chi connectivity index (χ4n) is 1.88. The zero-order chi connectivity index (χ0) is 17.4. The molecule has 0 aliphatic rings. The molecule has 0 spiro atoms. The first kappa shape index (κ1) is 20.7. The lowest BCUT2D eigenvalue weighted by Crippen LogP contribution is -2.29. The number of pyridine rings is 1. The number of benzene rings is 1. The maximum absolute atomic E-state index is 11.7. The number of halogens is 2. The quantitative estimate of drug-likeness (QED) is 0.586. The summed E-state index contributed by atoms with van der Waals surface area (Å²) < 4.78 is 10.4. The third-order valence-electron chi connectivity index (χ3n) is 3.06. The maximum Gasteiger partial charge on any atom is 0.344 e. The second-order valence-electron chi connectivity index (χ2n) is 4.92. The number of carbonyl (C=O) groups is 2. The van der Waals surface area contributed by atoms with E-state index >= 15 is 0 Å². The molecule has 1 aromatic heterocycles. The van der Waals surface area contributed by atoms with Gasteiger partial charge in [0.2, 0.25) is 0 Å². The summed E-state index contributed by atoms with van der Waals surface area (Å²) >= 11 is 5.85. The van der Waals surface area contributed by atoms with E-state index in [4.69, 9.17) is 21.1 Å². The van der Waals surface area contributed by atoms with E-state index in [9.17, 15) is 9.59 Å². The fraction of sp³-hybridized carbons (Fsp3) is 0.235. The van der Waals surface area contributed by atoms with Gasteiger partial charge in [-0.3, -0.25) is 9.78 Å². The smallest absolute Gasteiger partial charge is 0.344 e. The number of ether oxygens (including phenoxy) is 2. The number of nitrogens with zero attached hydrogens (tertiary/aromatic N) is 1. The summed E-state index contributed by atoms with van der Waals surface area (Å²) in [5.41, 5.74) is 1.28. The predicted molar refractivity (Wildman–Crippen MR) is 96.5 cm³/mol. The number of hydrogen-bond acceptors (Lipinski definition) is 5. The van der Waals surface area contributed by atoms with Crippen molar-refractivity contribution in [1.82, 2.24) is 10.3 Å². The van der Waals surface area contributed by atoms with E-state index in [2.05, 4.69) is 10.3 Å². The first-order valence-electron chi connectivity index (χ1n) is 7.29. The molecular weight excluding hydrogens is 367 g/mol. The number of amides is 1. The maximum atomic E-state index is 11.7. The number of aryl methyl sites for hydroxylation is 1. The Bertz CT molecular complexity index is 711. The Morgan fingerprint density at radius 1 is 1.28 bits per heavy atom. The van der Waals surface area contributed by atoms with Crippen LogP contribution in [-0.2, 0) is 9.53 Å². The van der Waals surface area contributed by atoms with Crippen molar-refractivity contribution in [3.05, 3.63) is 58.9 Å². The van der Waals surface area contributed by atoms with Crippen molar-refractivity contribution in [2.75, 3.05) is 19.8 Å². The van der Waals surface area contributed by atoms with Crippen LogP contribution in [0.5, 0.6) is 5.75 Å². The van der Waals surface area contributed by atoms with E-state index in [1.807, 2.05) is 6.92 Å². The van der Waals surface area contributed by atoms with Gasteiger partial charge in [0.1, 0.15) is 12.4 Å². The summed E-state index contributed by atoms with van der Waals surface area (Å²) in [7, 11) is 0. The van der Waals surface area contributed by atoms with Crippen LogP contribution in [0.25, 0.3) is 0 Å². The van der Waals surface area contributed by atoms with Crippen LogP contribution in [0.3, 0.4) is 0 Å². The van der Waals surface area contributed by atoms with Gasteiger partial charge in [0, 0.05) is 17.4 Å². The Morgan fingerprint density at radius 3 is 2.76 bits per heavy atom. The molecule has 1 amide bonds. The molecular formula is C17H18Cl2N2O4. The first-order chi connectivity index (χ1) is 11.6. The highest BCUT2D eigenvalue weighted by Crippen LogP contribution is 2.21. The molecule has 0 fully saturated rings. The van der Waals surface area contributed by atoms with E-state index in [1.165, 1.54) is 6.20 Å². The zero-order valence-corrected chi connectivity index (χ0v) is 15.1. The summed E-state index contributed by atoms with van der Waals surface area (Å²) in [6, 6.07) is 8.44. The Kier molecular flexibility index (Phi) is 8.74. The molecule has 25 heavy (non-hydrogen) atoms. The van der Waals surface area contributed by atoms with Gasteiger partial charge in [-0.15, -0.1) is 12.4 Å². The molecule has 0 saturated carbocycles. The molecule has 8 heteroatoms. The summed E-state index contributed by atoms with van der Waals surface area (Å²) in [5, 5.41) is 3.24. The first-order valence-corrected chi connectivity index (χ1v) is 7.67. The average molecular weight is 385 g/mol. The molecule has 1 heterocycles. The van der Waals surface area contributed by atoms with Crippen molar-refractivity contribution >= 4 is 35.9 Å². The molecule has 1 N–H and O–H groups in total. The lowest BCUT2D eigenvalue weighted by molar-refractivity contribution is -0.145. The largest absolute Gasteiger partial charge is 0.482 e. The molecule has 0 unspecified atom stereocenters. The van der Waals surface area contributed by atoms with Crippen LogP contribution < -0.4 is 10.1 Å².